The Hall–Kier alpha value is -0.730. The van der Waals surface area contributed by atoms with Crippen LogP contribution in [0.4, 0.5) is 5.69 Å². The molecule has 0 aliphatic carbocycles. The fourth-order valence-corrected chi connectivity index (χ4v) is 2.89. The third kappa shape index (κ3) is 3.87. The highest BCUT2D eigenvalue weighted by Crippen LogP contribution is 2.30. The molecular weight excluding hydrogens is 256 g/mol. The summed E-state index contributed by atoms with van der Waals surface area (Å²) in [5.74, 6) is 0.858. The van der Waals surface area contributed by atoms with Crippen molar-refractivity contribution < 1.29 is 0 Å². The monoisotopic (exact) mass is 280 g/mol. The van der Waals surface area contributed by atoms with Crippen molar-refractivity contribution in [3.05, 3.63) is 28.8 Å². The van der Waals surface area contributed by atoms with Crippen molar-refractivity contribution in [3.8, 4) is 0 Å². The molecule has 1 aromatic rings. The van der Waals surface area contributed by atoms with Crippen LogP contribution in [-0.2, 0) is 6.54 Å². The summed E-state index contributed by atoms with van der Waals surface area (Å²) in [5.41, 5.74) is 2.58. The molecule has 0 spiro atoms. The number of benzene rings is 1. The number of rotatable bonds is 5. The Labute approximate surface area is 122 Å². The van der Waals surface area contributed by atoms with Crippen LogP contribution in [-0.4, -0.2) is 19.6 Å². The Morgan fingerprint density at radius 1 is 1.32 bits per heavy atom. The molecule has 2 nitrogen and oxygen atoms in total. The summed E-state index contributed by atoms with van der Waals surface area (Å²) >= 11 is 6.39. The number of nitrogens with zero attached hydrogens (tertiary/aromatic N) is 1. The van der Waals surface area contributed by atoms with Crippen LogP contribution in [0.5, 0.6) is 0 Å². The smallest absolute Gasteiger partial charge is 0.0471 e. The topological polar surface area (TPSA) is 15.3 Å². The van der Waals surface area contributed by atoms with Crippen LogP contribution >= 0.6 is 11.6 Å². The minimum atomic E-state index is 0.858. The summed E-state index contributed by atoms with van der Waals surface area (Å²) in [4.78, 5) is 2.49. The lowest BCUT2D eigenvalue weighted by molar-refractivity contribution is 0.437. The average Bonchev–Trinajstić information content (AvgIpc) is 2.42. The van der Waals surface area contributed by atoms with Crippen molar-refractivity contribution >= 4 is 17.3 Å². The molecule has 1 heterocycles. The van der Waals surface area contributed by atoms with E-state index in [4.69, 9.17) is 11.6 Å². The maximum atomic E-state index is 6.39. The van der Waals surface area contributed by atoms with E-state index in [1.807, 2.05) is 6.07 Å². The van der Waals surface area contributed by atoms with Gasteiger partial charge in [-0.2, -0.15) is 0 Å². The Morgan fingerprint density at radius 3 is 2.74 bits per heavy atom. The second-order valence-corrected chi connectivity index (χ2v) is 5.99. The molecule has 0 amide bonds. The first kappa shape index (κ1) is 14.7. The van der Waals surface area contributed by atoms with Gasteiger partial charge < -0.3 is 10.2 Å². The Kier molecular flexibility index (Phi) is 5.53. The highest BCUT2D eigenvalue weighted by atomic mass is 35.5. The van der Waals surface area contributed by atoms with Crippen molar-refractivity contribution in [1.29, 1.82) is 0 Å². The lowest BCUT2D eigenvalue weighted by atomic mass is 9.98. The number of nitrogens with one attached hydrogen (secondary N) is 1. The van der Waals surface area contributed by atoms with Crippen molar-refractivity contribution in [2.24, 2.45) is 5.92 Å². The van der Waals surface area contributed by atoms with Gasteiger partial charge in [0.2, 0.25) is 0 Å². The molecule has 2 rings (SSSR count). The van der Waals surface area contributed by atoms with E-state index in [1.54, 1.807) is 0 Å². The molecule has 0 bridgehead atoms. The van der Waals surface area contributed by atoms with E-state index in [0.717, 1.165) is 43.5 Å². The third-order valence-corrected chi connectivity index (χ3v) is 4.30. The molecule has 0 radical (unpaired) electrons. The molecule has 1 aliphatic rings. The standard InChI is InChI=1S/C16H25ClN2/c1-3-9-18-12-14-15(17)5-4-6-16(14)19-10-7-13(2)8-11-19/h4-6,13,18H,3,7-12H2,1-2H3. The predicted molar refractivity (Wildman–Crippen MR) is 84.1 cm³/mol. The van der Waals surface area contributed by atoms with Gasteiger partial charge in [-0.25, -0.2) is 0 Å². The molecule has 1 aromatic carbocycles. The van der Waals surface area contributed by atoms with E-state index >= 15 is 0 Å². The van der Waals surface area contributed by atoms with Gasteiger partial charge in [-0.15, -0.1) is 0 Å². The van der Waals surface area contributed by atoms with Crippen molar-refractivity contribution in [3.63, 3.8) is 0 Å². The Balaban J connectivity index is 2.12. The summed E-state index contributed by atoms with van der Waals surface area (Å²) < 4.78 is 0. The summed E-state index contributed by atoms with van der Waals surface area (Å²) in [7, 11) is 0. The zero-order valence-corrected chi connectivity index (χ0v) is 12.8. The molecule has 106 valence electrons. The third-order valence-electron chi connectivity index (χ3n) is 3.95. The van der Waals surface area contributed by atoms with Crippen LogP contribution in [0.25, 0.3) is 0 Å². The number of halogens is 1. The van der Waals surface area contributed by atoms with Gasteiger partial charge in [0.25, 0.3) is 0 Å². The minimum absolute atomic E-state index is 0.858. The largest absolute Gasteiger partial charge is 0.371 e. The summed E-state index contributed by atoms with van der Waals surface area (Å²) in [6.45, 7) is 8.76. The molecule has 0 atom stereocenters. The normalized spacial score (nSPS) is 16.9. The van der Waals surface area contributed by atoms with Gasteiger partial charge in [-0.1, -0.05) is 31.5 Å². The van der Waals surface area contributed by atoms with Gasteiger partial charge in [0.1, 0.15) is 0 Å². The lowest BCUT2D eigenvalue weighted by Gasteiger charge is -2.33. The van der Waals surface area contributed by atoms with Crippen LogP contribution in [0.1, 0.15) is 38.7 Å². The minimum Gasteiger partial charge on any atom is -0.371 e. The molecule has 1 aliphatic heterocycles. The summed E-state index contributed by atoms with van der Waals surface area (Å²) in [6.07, 6.45) is 3.73. The Morgan fingerprint density at radius 2 is 2.05 bits per heavy atom. The van der Waals surface area contributed by atoms with Gasteiger partial charge in [0, 0.05) is 35.9 Å². The quantitative estimate of drug-likeness (QED) is 0.818. The second-order valence-electron chi connectivity index (χ2n) is 5.58. The van der Waals surface area contributed by atoms with E-state index in [0.29, 0.717) is 0 Å². The SMILES string of the molecule is CCCNCc1c(Cl)cccc1N1CCC(C)CC1. The van der Waals surface area contributed by atoms with Crippen LogP contribution in [0.3, 0.4) is 0 Å². The summed E-state index contributed by atoms with van der Waals surface area (Å²) in [6, 6.07) is 6.28. The fraction of sp³-hybridized carbons (Fsp3) is 0.625. The first-order valence-electron chi connectivity index (χ1n) is 7.45. The predicted octanol–water partition coefficient (Wildman–Crippen LogP) is 4.08. The molecular formula is C16H25ClN2. The molecule has 19 heavy (non-hydrogen) atoms. The number of piperidine rings is 1. The zero-order chi connectivity index (χ0) is 13.7. The number of hydrogen-bond acceptors (Lipinski definition) is 2. The number of anilines is 1. The van der Waals surface area contributed by atoms with Gasteiger partial charge in [0.05, 0.1) is 0 Å². The first-order valence-corrected chi connectivity index (χ1v) is 7.83. The van der Waals surface area contributed by atoms with Gasteiger partial charge in [-0.3, -0.25) is 0 Å². The van der Waals surface area contributed by atoms with Crippen molar-refractivity contribution in [2.45, 2.75) is 39.7 Å². The molecule has 3 heteroatoms. The molecule has 1 fully saturated rings. The van der Waals surface area contributed by atoms with E-state index in [-0.39, 0.29) is 0 Å². The van der Waals surface area contributed by atoms with E-state index in [1.165, 1.54) is 24.1 Å². The average molecular weight is 281 g/mol. The number of hydrogen-bond donors (Lipinski definition) is 1. The first-order chi connectivity index (χ1) is 9.22. The van der Waals surface area contributed by atoms with Gasteiger partial charge in [0.15, 0.2) is 0 Å². The summed E-state index contributed by atoms with van der Waals surface area (Å²) in [5, 5.41) is 4.36. The molecule has 0 aromatic heterocycles. The maximum Gasteiger partial charge on any atom is 0.0471 e. The van der Waals surface area contributed by atoms with Crippen LogP contribution < -0.4 is 10.2 Å². The fourth-order valence-electron chi connectivity index (χ4n) is 2.66. The van der Waals surface area contributed by atoms with E-state index in [2.05, 4.69) is 36.2 Å². The van der Waals surface area contributed by atoms with E-state index in [9.17, 15) is 0 Å². The highest BCUT2D eigenvalue weighted by Gasteiger charge is 2.19. The highest BCUT2D eigenvalue weighted by molar-refractivity contribution is 6.31. The van der Waals surface area contributed by atoms with Crippen LogP contribution in [0, 0.1) is 5.92 Å². The van der Waals surface area contributed by atoms with Gasteiger partial charge >= 0.3 is 0 Å². The van der Waals surface area contributed by atoms with E-state index < -0.39 is 0 Å². The maximum absolute atomic E-state index is 6.39. The molecule has 0 saturated carbocycles. The van der Waals surface area contributed by atoms with Crippen molar-refractivity contribution in [2.75, 3.05) is 24.5 Å². The van der Waals surface area contributed by atoms with Crippen molar-refractivity contribution in [1.82, 2.24) is 5.32 Å². The second kappa shape index (κ2) is 7.16. The zero-order valence-electron chi connectivity index (χ0n) is 12.1. The Bertz CT molecular complexity index is 398. The van der Waals surface area contributed by atoms with Crippen LogP contribution in [0.15, 0.2) is 18.2 Å². The van der Waals surface area contributed by atoms with Gasteiger partial charge in [-0.05, 0) is 43.9 Å². The molecule has 1 saturated heterocycles. The molecule has 0 unspecified atom stereocenters. The molecule has 1 N–H and O–H groups in total. The van der Waals surface area contributed by atoms with Crippen LogP contribution in [0.2, 0.25) is 5.02 Å². The lowest BCUT2D eigenvalue weighted by Crippen LogP contribution is -2.34.